The van der Waals surface area contributed by atoms with Gasteiger partial charge in [0.25, 0.3) is 15.7 Å². The summed E-state index contributed by atoms with van der Waals surface area (Å²) in [5.74, 6) is -3.14. The minimum absolute atomic E-state index is 0.0135. The number of benzene rings is 2. The number of nitrogens with one attached hydrogen (secondary N) is 1. The molecule has 1 aliphatic heterocycles. The average Bonchev–Trinajstić information content (AvgIpc) is 2.94. The topological polar surface area (TPSA) is 165 Å². The number of carbonyl (C=O) groups excluding carboxylic acids is 2. The van der Waals surface area contributed by atoms with Crippen molar-refractivity contribution in [2.24, 2.45) is 17.8 Å². The van der Waals surface area contributed by atoms with E-state index in [1.54, 1.807) is 18.2 Å². The van der Waals surface area contributed by atoms with Gasteiger partial charge in [-0.25, -0.2) is 17.9 Å². The van der Waals surface area contributed by atoms with Crippen LogP contribution in [0.3, 0.4) is 0 Å². The number of hydroxylamine groups is 3. The Morgan fingerprint density at radius 2 is 1.65 bits per heavy atom. The second-order valence-electron chi connectivity index (χ2n) is 14.1. The fourth-order valence-corrected chi connectivity index (χ4v) is 8.17. The maximum absolute atomic E-state index is 14.5. The zero-order valence-electron chi connectivity index (χ0n) is 27.9. The number of sulfonamides is 1. The van der Waals surface area contributed by atoms with E-state index in [1.165, 1.54) is 36.4 Å². The van der Waals surface area contributed by atoms with Crippen molar-refractivity contribution < 1.29 is 36.7 Å². The zero-order chi connectivity index (χ0) is 34.7. The normalized spacial score (nSPS) is 21.6. The highest BCUT2D eigenvalue weighted by Gasteiger charge is 2.59. The summed E-state index contributed by atoms with van der Waals surface area (Å²) in [6, 6.07) is 12.1. The number of non-ortho nitro benzene ring substituents is 1. The van der Waals surface area contributed by atoms with E-state index in [1.807, 2.05) is 20.8 Å². The molecule has 254 valence electrons. The molecule has 2 unspecified atom stereocenters. The van der Waals surface area contributed by atoms with Crippen molar-refractivity contribution in [2.75, 3.05) is 13.1 Å². The number of carbonyl (C=O) groups is 2. The van der Waals surface area contributed by atoms with E-state index in [4.69, 9.17) is 9.16 Å². The van der Waals surface area contributed by atoms with Crippen molar-refractivity contribution >= 4 is 35.9 Å². The predicted octanol–water partition coefficient (Wildman–Crippen LogP) is 5.53. The Hall–Kier alpha value is -3.17. The van der Waals surface area contributed by atoms with Crippen LogP contribution in [-0.2, 0) is 35.4 Å². The Labute approximate surface area is 273 Å². The number of nitro benzene ring substituents is 1. The second-order valence-corrected chi connectivity index (χ2v) is 20.6. The molecule has 1 amide bonds. The summed E-state index contributed by atoms with van der Waals surface area (Å²) in [5, 5.41) is 25.3. The van der Waals surface area contributed by atoms with Gasteiger partial charge in [-0.2, -0.15) is 0 Å². The van der Waals surface area contributed by atoms with Crippen molar-refractivity contribution in [3.05, 3.63) is 75.5 Å². The third-order valence-corrected chi connectivity index (χ3v) is 15.0. The van der Waals surface area contributed by atoms with Gasteiger partial charge in [-0.05, 0) is 67.2 Å². The summed E-state index contributed by atoms with van der Waals surface area (Å²) in [6.07, 6.45) is -0.222. The molecule has 1 fully saturated rings. The van der Waals surface area contributed by atoms with Crippen LogP contribution < -0.4 is 4.72 Å². The van der Waals surface area contributed by atoms with Crippen LogP contribution in [0.2, 0.25) is 18.1 Å². The van der Waals surface area contributed by atoms with Gasteiger partial charge in [0.05, 0.1) is 34.3 Å². The van der Waals surface area contributed by atoms with Crippen LogP contribution in [0.4, 0.5) is 5.69 Å². The Morgan fingerprint density at radius 1 is 1.07 bits per heavy atom. The number of esters is 1. The molecular weight excluding hydrogens is 631 g/mol. The minimum Gasteiger partial charge on any atom is -0.632 e. The fourth-order valence-electron chi connectivity index (χ4n) is 5.67. The van der Waals surface area contributed by atoms with Crippen LogP contribution >= 0.6 is 0 Å². The molecule has 0 spiro atoms. The summed E-state index contributed by atoms with van der Waals surface area (Å²) in [4.78, 5) is 37.2. The van der Waals surface area contributed by atoms with Crippen LogP contribution in [0.15, 0.2) is 59.5 Å². The van der Waals surface area contributed by atoms with Crippen LogP contribution in [0.5, 0.6) is 0 Å². The number of rotatable bonds is 14. The van der Waals surface area contributed by atoms with E-state index < -0.39 is 70.3 Å². The Balaban J connectivity index is 1.90. The first-order valence-corrected chi connectivity index (χ1v) is 19.8. The predicted molar refractivity (Wildman–Crippen MR) is 176 cm³/mol. The van der Waals surface area contributed by atoms with Gasteiger partial charge in [-0.1, -0.05) is 52.8 Å². The summed E-state index contributed by atoms with van der Waals surface area (Å²) in [5.41, 5.74) is 0.403. The maximum Gasteiger partial charge on any atom is 0.362 e. The van der Waals surface area contributed by atoms with Gasteiger partial charge in [0.15, 0.2) is 14.9 Å². The molecule has 14 heteroatoms. The lowest BCUT2D eigenvalue weighted by Gasteiger charge is -2.63. The SMILES string of the molecule is CC(C)CC(C(=O)NS(=O)(=O)c1ccccc1)[C@H]1[C@@H]([C@@H](C)O[Si](C)(C)C(C)(C)C)C[N+]1([O-])CC(=O)OCc1ccc([N+](=O)[O-])cc1. The number of ether oxygens (including phenoxy) is 1. The molecule has 0 aromatic heterocycles. The molecule has 1 saturated heterocycles. The number of nitrogens with zero attached hydrogens (tertiary/aromatic N) is 2. The molecule has 2 aromatic rings. The van der Waals surface area contributed by atoms with Gasteiger partial charge in [-0.15, -0.1) is 0 Å². The van der Waals surface area contributed by atoms with Crippen molar-refractivity contribution in [2.45, 2.75) is 89.7 Å². The van der Waals surface area contributed by atoms with Gasteiger partial charge in [0, 0.05) is 12.1 Å². The number of hydrogen-bond donors (Lipinski definition) is 1. The van der Waals surface area contributed by atoms with Gasteiger partial charge >= 0.3 is 5.97 Å². The van der Waals surface area contributed by atoms with Gasteiger partial charge < -0.3 is 19.0 Å². The molecular formula is C32H47N3O9SSi. The summed E-state index contributed by atoms with van der Waals surface area (Å²) in [7, 11) is -6.52. The van der Waals surface area contributed by atoms with Crippen LogP contribution in [0, 0.1) is 33.1 Å². The number of quaternary nitrogens is 1. The second kappa shape index (κ2) is 14.3. The largest absolute Gasteiger partial charge is 0.632 e. The number of amides is 1. The highest BCUT2D eigenvalue weighted by Crippen LogP contribution is 2.45. The van der Waals surface area contributed by atoms with E-state index >= 15 is 0 Å². The molecule has 0 saturated carbocycles. The van der Waals surface area contributed by atoms with Gasteiger partial charge in [-0.3, -0.25) is 14.9 Å². The van der Waals surface area contributed by atoms with E-state index in [0.717, 1.165) is 0 Å². The number of nitro groups is 1. The molecule has 0 bridgehead atoms. The quantitative estimate of drug-likeness (QED) is 0.0676. The molecule has 3 rings (SSSR count). The third kappa shape index (κ3) is 9.00. The first kappa shape index (κ1) is 37.3. The van der Waals surface area contributed by atoms with Crippen molar-refractivity contribution in [3.63, 3.8) is 0 Å². The third-order valence-electron chi connectivity index (χ3n) is 9.10. The summed E-state index contributed by atoms with van der Waals surface area (Å²) in [6.45, 7) is 15.3. The highest BCUT2D eigenvalue weighted by atomic mass is 32.2. The Kier molecular flexibility index (Phi) is 11.6. The molecule has 5 atom stereocenters. The molecule has 0 aliphatic carbocycles. The monoisotopic (exact) mass is 677 g/mol. The molecule has 2 aromatic carbocycles. The van der Waals surface area contributed by atoms with Crippen molar-refractivity contribution in [3.8, 4) is 0 Å². The van der Waals surface area contributed by atoms with E-state index in [2.05, 4.69) is 38.6 Å². The zero-order valence-corrected chi connectivity index (χ0v) is 29.7. The van der Waals surface area contributed by atoms with E-state index in [0.29, 0.717) is 5.56 Å². The maximum atomic E-state index is 14.5. The van der Waals surface area contributed by atoms with Gasteiger partial charge in [0.2, 0.25) is 5.91 Å². The molecule has 1 N–H and O–H groups in total. The Bertz CT molecular complexity index is 1490. The van der Waals surface area contributed by atoms with Crippen molar-refractivity contribution in [1.82, 2.24) is 4.72 Å². The Morgan fingerprint density at radius 3 is 2.17 bits per heavy atom. The molecule has 1 aliphatic rings. The highest BCUT2D eigenvalue weighted by molar-refractivity contribution is 7.90. The van der Waals surface area contributed by atoms with E-state index in [-0.39, 0.29) is 41.1 Å². The molecule has 12 nitrogen and oxygen atoms in total. The van der Waals surface area contributed by atoms with Crippen LogP contribution in [-0.4, -0.2) is 63.4 Å². The smallest absolute Gasteiger partial charge is 0.362 e. The standard InChI is InChI=1S/C32H47N3O9SSi/c1-22(2)18-27(31(37)33-45(41,42)26-12-10-9-11-13-26)30-28(23(3)44-46(7,8)32(4,5)6)19-35(30,40)20-29(36)43-21-24-14-16-25(17-15-24)34(38)39/h9-17,22-23,27-28,30H,18-21H2,1-8H3,(H,33,37)/t23-,27?,28-,30+,35?/m1/s1. The minimum atomic E-state index is -4.22. The van der Waals surface area contributed by atoms with E-state index in [9.17, 15) is 33.3 Å². The van der Waals surface area contributed by atoms with Gasteiger partial charge in [0.1, 0.15) is 12.6 Å². The summed E-state index contributed by atoms with van der Waals surface area (Å²) < 4.78 is 39.5. The number of likely N-dealkylation sites (tertiary alicyclic amines) is 1. The van der Waals surface area contributed by atoms with Crippen molar-refractivity contribution in [1.29, 1.82) is 0 Å². The lowest BCUT2D eigenvalue weighted by molar-refractivity contribution is -0.955. The molecule has 46 heavy (non-hydrogen) atoms. The molecule has 0 radical (unpaired) electrons. The lowest BCUT2D eigenvalue weighted by Crippen LogP contribution is -2.75. The fraction of sp³-hybridized carbons (Fsp3) is 0.562. The first-order chi connectivity index (χ1) is 21.2. The average molecular weight is 678 g/mol. The molecule has 1 heterocycles. The lowest BCUT2D eigenvalue weighted by atomic mass is 9.73. The van der Waals surface area contributed by atoms with Crippen LogP contribution in [0.1, 0.15) is 53.5 Å². The summed E-state index contributed by atoms with van der Waals surface area (Å²) >= 11 is 0. The first-order valence-electron chi connectivity index (χ1n) is 15.4. The number of hydrogen-bond acceptors (Lipinski definition) is 9. The van der Waals surface area contributed by atoms with Crippen LogP contribution in [0.25, 0.3) is 0 Å².